The van der Waals surface area contributed by atoms with Crippen LogP contribution in [0.25, 0.3) is 0 Å². The number of nitrogens with one attached hydrogen (secondary N) is 1. The van der Waals surface area contributed by atoms with Crippen LogP contribution in [0.15, 0.2) is 0 Å². The van der Waals surface area contributed by atoms with E-state index >= 15 is 0 Å². The number of hydrogen-bond donors (Lipinski definition) is 1. The summed E-state index contributed by atoms with van der Waals surface area (Å²) >= 11 is 0. The molecule has 0 aromatic rings. The summed E-state index contributed by atoms with van der Waals surface area (Å²) in [5.74, 6) is 0.961. The fourth-order valence-corrected chi connectivity index (χ4v) is 2.65. The molecule has 1 fully saturated rings. The molecule has 1 unspecified atom stereocenters. The molecule has 3 nitrogen and oxygen atoms in total. The lowest BCUT2D eigenvalue weighted by atomic mass is 10.1. The van der Waals surface area contributed by atoms with E-state index in [0.717, 1.165) is 25.1 Å². The van der Waals surface area contributed by atoms with Gasteiger partial charge in [-0.2, -0.15) is 0 Å². The average Bonchev–Trinajstić information content (AvgIpc) is 3.25. The second-order valence-electron chi connectivity index (χ2n) is 5.92. The number of nitrogens with zero attached hydrogens (tertiary/aromatic N) is 1. The van der Waals surface area contributed by atoms with Gasteiger partial charge in [0.2, 0.25) is 0 Å². The minimum Gasteiger partial charge on any atom is -0.383 e. The second-order valence-corrected chi connectivity index (χ2v) is 5.92. The molecule has 0 saturated heterocycles. The van der Waals surface area contributed by atoms with Gasteiger partial charge in [-0.25, -0.2) is 0 Å². The van der Waals surface area contributed by atoms with Crippen molar-refractivity contribution < 1.29 is 4.74 Å². The maximum atomic E-state index is 5.24. The summed E-state index contributed by atoms with van der Waals surface area (Å²) in [6.45, 7) is 10.2. The van der Waals surface area contributed by atoms with E-state index < -0.39 is 0 Å². The Kier molecular flexibility index (Phi) is 9.48. The number of hydrogen-bond acceptors (Lipinski definition) is 3. The van der Waals surface area contributed by atoms with Gasteiger partial charge in [0.15, 0.2) is 0 Å². The molecule has 0 bridgehead atoms. The number of rotatable bonds is 13. The van der Waals surface area contributed by atoms with E-state index in [-0.39, 0.29) is 0 Å². The molecule has 1 rings (SSSR count). The maximum absolute atomic E-state index is 5.24. The molecule has 0 radical (unpaired) electrons. The third kappa shape index (κ3) is 7.91. The molecule has 0 amide bonds. The van der Waals surface area contributed by atoms with Crippen LogP contribution in [-0.2, 0) is 4.74 Å². The molecule has 3 heteroatoms. The van der Waals surface area contributed by atoms with Crippen molar-refractivity contribution in [1.29, 1.82) is 0 Å². The lowest BCUT2D eigenvalue weighted by Gasteiger charge is -2.29. The van der Waals surface area contributed by atoms with Crippen molar-refractivity contribution in [3.05, 3.63) is 0 Å². The van der Waals surface area contributed by atoms with Crippen LogP contribution in [0.5, 0.6) is 0 Å². The number of methoxy groups -OCH3 is 1. The first-order valence-electron chi connectivity index (χ1n) is 8.23. The Labute approximate surface area is 120 Å². The van der Waals surface area contributed by atoms with Crippen molar-refractivity contribution in [3.8, 4) is 0 Å². The topological polar surface area (TPSA) is 24.5 Å². The van der Waals surface area contributed by atoms with Crippen LogP contribution < -0.4 is 5.32 Å². The Morgan fingerprint density at radius 3 is 2.58 bits per heavy atom. The monoisotopic (exact) mass is 270 g/mol. The second kappa shape index (κ2) is 10.6. The third-order valence-electron chi connectivity index (χ3n) is 4.19. The van der Waals surface area contributed by atoms with Crippen molar-refractivity contribution in [2.24, 2.45) is 5.92 Å². The molecule has 0 aromatic carbocycles. The lowest BCUT2D eigenvalue weighted by molar-refractivity contribution is 0.115. The lowest BCUT2D eigenvalue weighted by Crippen LogP contribution is -2.37. The summed E-state index contributed by atoms with van der Waals surface area (Å²) in [5.41, 5.74) is 0. The van der Waals surface area contributed by atoms with Gasteiger partial charge in [-0.15, -0.1) is 0 Å². The molecule has 1 saturated carbocycles. The molecular formula is C16H34N2O. The molecule has 0 heterocycles. The molecule has 114 valence electrons. The fourth-order valence-electron chi connectivity index (χ4n) is 2.65. The summed E-state index contributed by atoms with van der Waals surface area (Å²) in [4.78, 5) is 2.64. The van der Waals surface area contributed by atoms with Crippen molar-refractivity contribution in [2.75, 3.05) is 39.9 Å². The average molecular weight is 270 g/mol. The highest BCUT2D eigenvalue weighted by Crippen LogP contribution is 2.35. The first-order chi connectivity index (χ1) is 9.29. The molecule has 1 aliphatic carbocycles. The van der Waals surface area contributed by atoms with Crippen LogP contribution in [0.4, 0.5) is 0 Å². The third-order valence-corrected chi connectivity index (χ3v) is 4.19. The van der Waals surface area contributed by atoms with Crippen LogP contribution in [0.1, 0.15) is 52.4 Å². The first-order valence-corrected chi connectivity index (χ1v) is 8.23. The van der Waals surface area contributed by atoms with Crippen LogP contribution in [0.2, 0.25) is 0 Å². The van der Waals surface area contributed by atoms with Gasteiger partial charge in [0.05, 0.1) is 6.61 Å². The summed E-state index contributed by atoms with van der Waals surface area (Å²) in [6.07, 6.45) is 8.10. The normalized spacial score (nSPS) is 17.1. The zero-order chi connectivity index (χ0) is 13.9. The Morgan fingerprint density at radius 1 is 1.16 bits per heavy atom. The Hall–Kier alpha value is -0.120. The van der Waals surface area contributed by atoms with Crippen LogP contribution in [-0.4, -0.2) is 50.8 Å². The van der Waals surface area contributed by atoms with E-state index in [1.54, 1.807) is 7.11 Å². The van der Waals surface area contributed by atoms with Crippen LogP contribution in [0, 0.1) is 5.92 Å². The van der Waals surface area contributed by atoms with Gasteiger partial charge < -0.3 is 10.1 Å². The van der Waals surface area contributed by atoms with E-state index in [2.05, 4.69) is 24.1 Å². The standard InChI is InChI=1S/C16H34N2O/c1-4-10-17-11-6-5-7-12-18(13-14-19-3)15(2)16-8-9-16/h15-17H,4-14H2,1-3H3. The smallest absolute Gasteiger partial charge is 0.0589 e. The summed E-state index contributed by atoms with van der Waals surface area (Å²) in [6, 6.07) is 0.758. The molecule has 1 N–H and O–H groups in total. The van der Waals surface area contributed by atoms with Crippen LogP contribution in [0.3, 0.4) is 0 Å². The quantitative estimate of drug-likeness (QED) is 0.521. The molecule has 0 aromatic heterocycles. The summed E-state index contributed by atoms with van der Waals surface area (Å²) in [7, 11) is 1.80. The summed E-state index contributed by atoms with van der Waals surface area (Å²) in [5, 5.41) is 3.47. The minimum absolute atomic E-state index is 0.758. The Morgan fingerprint density at radius 2 is 1.95 bits per heavy atom. The molecule has 19 heavy (non-hydrogen) atoms. The van der Waals surface area contributed by atoms with E-state index in [1.165, 1.54) is 58.2 Å². The van der Waals surface area contributed by atoms with Crippen molar-refractivity contribution >= 4 is 0 Å². The van der Waals surface area contributed by atoms with E-state index in [9.17, 15) is 0 Å². The highest BCUT2D eigenvalue weighted by molar-refractivity contribution is 4.85. The summed E-state index contributed by atoms with van der Waals surface area (Å²) < 4.78 is 5.24. The van der Waals surface area contributed by atoms with Crippen molar-refractivity contribution in [2.45, 2.75) is 58.4 Å². The molecule has 0 spiro atoms. The van der Waals surface area contributed by atoms with Gasteiger partial charge in [-0.3, -0.25) is 4.90 Å². The highest BCUT2D eigenvalue weighted by atomic mass is 16.5. The zero-order valence-electron chi connectivity index (χ0n) is 13.3. The van der Waals surface area contributed by atoms with Crippen LogP contribution >= 0.6 is 0 Å². The van der Waals surface area contributed by atoms with Gasteiger partial charge in [-0.05, 0) is 64.6 Å². The number of ether oxygens (including phenoxy) is 1. The molecule has 0 aliphatic heterocycles. The van der Waals surface area contributed by atoms with Gasteiger partial charge in [0.25, 0.3) is 0 Å². The molecule has 1 atom stereocenters. The highest BCUT2D eigenvalue weighted by Gasteiger charge is 2.31. The Bertz CT molecular complexity index is 207. The minimum atomic E-state index is 0.758. The Balaban J connectivity index is 2.06. The molecule has 1 aliphatic rings. The zero-order valence-corrected chi connectivity index (χ0v) is 13.3. The predicted octanol–water partition coefficient (Wildman–Crippen LogP) is 2.90. The fraction of sp³-hybridized carbons (Fsp3) is 1.00. The van der Waals surface area contributed by atoms with Gasteiger partial charge in [0, 0.05) is 19.7 Å². The molecular weight excluding hydrogens is 236 g/mol. The SMILES string of the molecule is CCCNCCCCCN(CCOC)C(C)C1CC1. The largest absolute Gasteiger partial charge is 0.383 e. The van der Waals surface area contributed by atoms with Crippen molar-refractivity contribution in [3.63, 3.8) is 0 Å². The first kappa shape index (κ1) is 16.9. The van der Waals surface area contributed by atoms with Gasteiger partial charge >= 0.3 is 0 Å². The van der Waals surface area contributed by atoms with Crippen molar-refractivity contribution in [1.82, 2.24) is 10.2 Å². The maximum Gasteiger partial charge on any atom is 0.0589 e. The van der Waals surface area contributed by atoms with E-state index in [1.807, 2.05) is 0 Å². The van der Waals surface area contributed by atoms with Gasteiger partial charge in [-0.1, -0.05) is 13.3 Å². The van der Waals surface area contributed by atoms with E-state index in [4.69, 9.17) is 4.74 Å². The number of unbranched alkanes of at least 4 members (excludes halogenated alkanes) is 2. The predicted molar refractivity (Wildman–Crippen MR) is 82.6 cm³/mol. The van der Waals surface area contributed by atoms with E-state index in [0.29, 0.717) is 0 Å². The van der Waals surface area contributed by atoms with Gasteiger partial charge in [0.1, 0.15) is 0 Å².